The number of aliphatic hydroxyl groups excluding tert-OH is 1. The van der Waals surface area contributed by atoms with E-state index in [2.05, 4.69) is 87.9 Å². The summed E-state index contributed by atoms with van der Waals surface area (Å²) in [7, 11) is -1.49. The molecule has 7 aromatic rings. The Bertz CT molecular complexity index is 2720. The van der Waals surface area contributed by atoms with E-state index in [0.717, 1.165) is 65.0 Å². The fraction of sp³-hybridized carbons (Fsp3) is 0.333. The minimum atomic E-state index is -4.60. The average molecular weight is 1050 g/mol. The van der Waals surface area contributed by atoms with Crippen LogP contribution in [0.3, 0.4) is 0 Å². The van der Waals surface area contributed by atoms with E-state index in [1.165, 1.54) is 11.3 Å². The predicted octanol–water partition coefficient (Wildman–Crippen LogP) is 15.2. The summed E-state index contributed by atoms with van der Waals surface area (Å²) in [6.45, 7) is 21.4. The van der Waals surface area contributed by atoms with Gasteiger partial charge in [0, 0.05) is 71.9 Å². The Balaban J connectivity index is 0.000000402. The first-order valence-electron chi connectivity index (χ1n) is 21.9. The summed E-state index contributed by atoms with van der Waals surface area (Å²) in [5.74, 6) is 0.547. The minimum absolute atomic E-state index is 0. The number of fused-ring (bicyclic) bond motifs is 4. The van der Waals surface area contributed by atoms with Gasteiger partial charge in [-0.1, -0.05) is 157 Å². The zero-order valence-electron chi connectivity index (χ0n) is 38.2. The number of carbonyl (C=O) groups is 1. The SMILES string of the molecule is CC(C)(C)c1cc(-c2ncc(C(F)(F)F)c3c4ccc(-c5ccc([Si](C)(C)C)cc5)cc4n(-c4ccccc4)c23)[c-]c2ccccc12.CCC(CC)C(=O)/C=C(\O)C(CC)CC.[Ir]. The van der Waals surface area contributed by atoms with Gasteiger partial charge in [-0.25, -0.2) is 0 Å². The molecule has 0 atom stereocenters. The Morgan fingerprint density at radius 1 is 0.762 bits per heavy atom. The molecule has 9 heteroatoms. The van der Waals surface area contributed by atoms with Crippen molar-refractivity contribution in [3.8, 4) is 28.1 Å². The summed E-state index contributed by atoms with van der Waals surface area (Å²) >= 11 is 0. The van der Waals surface area contributed by atoms with Crippen LogP contribution in [0.5, 0.6) is 0 Å². The molecule has 0 aliphatic heterocycles. The summed E-state index contributed by atoms with van der Waals surface area (Å²) in [6, 6.07) is 37.6. The second kappa shape index (κ2) is 19.9. The van der Waals surface area contributed by atoms with E-state index in [4.69, 9.17) is 0 Å². The predicted molar refractivity (Wildman–Crippen MR) is 256 cm³/mol. The maximum atomic E-state index is 14.8. The largest absolute Gasteiger partial charge is 0.512 e. The van der Waals surface area contributed by atoms with Crippen LogP contribution in [0.25, 0.3) is 60.6 Å². The van der Waals surface area contributed by atoms with Gasteiger partial charge in [0.1, 0.15) is 0 Å². The first-order valence-corrected chi connectivity index (χ1v) is 25.4. The molecule has 0 amide bonds. The van der Waals surface area contributed by atoms with E-state index in [0.29, 0.717) is 27.7 Å². The summed E-state index contributed by atoms with van der Waals surface area (Å²) in [5, 5.41) is 13.7. The molecule has 0 saturated carbocycles. The van der Waals surface area contributed by atoms with E-state index in [1.807, 2.05) is 99.0 Å². The molecular formula is C54H60F3IrN2O2Si-. The number of nitrogens with zero attached hydrogens (tertiary/aromatic N) is 2. The molecule has 0 spiro atoms. The molecule has 2 aromatic heterocycles. The minimum Gasteiger partial charge on any atom is -0.512 e. The Morgan fingerprint density at radius 2 is 1.35 bits per heavy atom. The van der Waals surface area contributed by atoms with Gasteiger partial charge in [0.2, 0.25) is 0 Å². The van der Waals surface area contributed by atoms with Crippen molar-refractivity contribution in [2.45, 2.75) is 105 Å². The first-order chi connectivity index (χ1) is 29.3. The van der Waals surface area contributed by atoms with Crippen LogP contribution in [0.2, 0.25) is 19.6 Å². The van der Waals surface area contributed by atoms with Gasteiger partial charge in [0.25, 0.3) is 0 Å². The van der Waals surface area contributed by atoms with Gasteiger partial charge < -0.3 is 9.67 Å². The number of hydrogen-bond donors (Lipinski definition) is 1. The van der Waals surface area contributed by atoms with Crippen molar-refractivity contribution in [1.82, 2.24) is 9.55 Å². The quantitative estimate of drug-likeness (QED) is 0.0608. The molecule has 0 fully saturated rings. The van der Waals surface area contributed by atoms with Crippen molar-refractivity contribution >= 4 is 51.6 Å². The molecule has 1 radical (unpaired) electrons. The number of alkyl halides is 3. The maximum absolute atomic E-state index is 14.8. The molecule has 333 valence electrons. The molecule has 0 aliphatic rings. The van der Waals surface area contributed by atoms with Crippen molar-refractivity contribution in [2.24, 2.45) is 11.8 Å². The van der Waals surface area contributed by atoms with Gasteiger partial charge in [0.15, 0.2) is 5.78 Å². The molecule has 1 N–H and O–H groups in total. The van der Waals surface area contributed by atoms with Gasteiger partial charge in [-0.2, -0.15) is 13.2 Å². The fourth-order valence-corrected chi connectivity index (χ4v) is 9.56. The van der Waals surface area contributed by atoms with E-state index in [1.54, 1.807) is 0 Å². The van der Waals surface area contributed by atoms with Crippen LogP contribution in [-0.2, 0) is 36.5 Å². The molecule has 0 aliphatic carbocycles. The van der Waals surface area contributed by atoms with E-state index in [9.17, 15) is 23.1 Å². The van der Waals surface area contributed by atoms with E-state index >= 15 is 0 Å². The molecule has 2 heterocycles. The van der Waals surface area contributed by atoms with Crippen molar-refractivity contribution in [3.05, 3.63) is 138 Å². The Labute approximate surface area is 386 Å². The molecule has 0 bridgehead atoms. The number of ketones is 1. The molecule has 7 rings (SSSR count). The first kappa shape index (κ1) is 49.2. The zero-order chi connectivity index (χ0) is 45.1. The molecule has 0 saturated heterocycles. The molecule has 63 heavy (non-hydrogen) atoms. The van der Waals surface area contributed by atoms with Gasteiger partial charge >= 0.3 is 6.18 Å². The van der Waals surface area contributed by atoms with Crippen LogP contribution in [0, 0.1) is 17.9 Å². The van der Waals surface area contributed by atoms with Crippen molar-refractivity contribution < 1.29 is 43.2 Å². The van der Waals surface area contributed by atoms with Crippen LogP contribution in [0.4, 0.5) is 13.2 Å². The third-order valence-corrected chi connectivity index (χ3v) is 14.2. The number of aliphatic hydroxyl groups is 1. The van der Waals surface area contributed by atoms with Crippen LogP contribution < -0.4 is 5.19 Å². The summed E-state index contributed by atoms with van der Waals surface area (Å²) in [6.07, 6.45) is 1.30. The number of allylic oxidation sites excluding steroid dienone is 2. The number of halogens is 3. The van der Waals surface area contributed by atoms with Crippen molar-refractivity contribution in [1.29, 1.82) is 0 Å². The standard InChI is InChI=1S/C41H36F3N2Si.C13H24O2.Ir/c1-40(2,3)34-23-29(22-28-12-10-11-15-32(28)34)38-39-37(35(25-45-38)41(42,43)44)33-21-18-27(26-16-19-31(20-17-26)47(4,5)6)24-36(33)46(39)30-13-8-7-9-14-30;1-5-10(6-2)12(14)9-13(15)11(7-3)8-4;/h7-21,23-25H,1-6H3;9-11,14H,5-8H2,1-4H3;/q-1;;/b;12-9-;. The number of rotatable bonds is 11. The monoisotopic (exact) mass is 1050 g/mol. The van der Waals surface area contributed by atoms with Crippen molar-refractivity contribution in [2.75, 3.05) is 0 Å². The zero-order valence-corrected chi connectivity index (χ0v) is 41.6. The number of carbonyl (C=O) groups excluding carboxylic acids is 1. The number of pyridine rings is 1. The summed E-state index contributed by atoms with van der Waals surface area (Å²) in [4.78, 5) is 16.3. The molecule has 5 aromatic carbocycles. The number of benzene rings is 5. The van der Waals surface area contributed by atoms with E-state index in [-0.39, 0.29) is 54.3 Å². The average Bonchev–Trinajstić information content (AvgIpc) is 3.58. The normalized spacial score (nSPS) is 12.5. The van der Waals surface area contributed by atoms with E-state index < -0.39 is 19.8 Å². The molecule has 4 nitrogen and oxygen atoms in total. The van der Waals surface area contributed by atoms with Gasteiger partial charge in [-0.05, 0) is 60.4 Å². The topological polar surface area (TPSA) is 55.1 Å². The number of para-hydroxylation sites is 1. The third-order valence-electron chi connectivity index (χ3n) is 12.1. The van der Waals surface area contributed by atoms with Crippen LogP contribution in [-0.4, -0.2) is 28.5 Å². The van der Waals surface area contributed by atoms with Crippen LogP contribution >= 0.6 is 0 Å². The third kappa shape index (κ3) is 10.6. The van der Waals surface area contributed by atoms with Crippen LogP contribution in [0.15, 0.2) is 121 Å². The van der Waals surface area contributed by atoms with Crippen molar-refractivity contribution in [3.63, 3.8) is 0 Å². The molecular weight excluding hydrogens is 986 g/mol. The summed E-state index contributed by atoms with van der Waals surface area (Å²) < 4.78 is 46.5. The number of hydrogen-bond acceptors (Lipinski definition) is 3. The Kier molecular flexibility index (Phi) is 15.6. The van der Waals surface area contributed by atoms with Gasteiger partial charge in [-0.3, -0.25) is 9.78 Å². The maximum Gasteiger partial charge on any atom is 0.418 e. The fourth-order valence-electron chi connectivity index (χ4n) is 8.40. The van der Waals surface area contributed by atoms with Gasteiger partial charge in [0.05, 0.1) is 24.9 Å². The number of aromatic nitrogens is 2. The van der Waals surface area contributed by atoms with Gasteiger partial charge in [-0.15, -0.1) is 29.1 Å². The Hall–Kier alpha value is -4.82. The molecule has 0 unspecified atom stereocenters. The summed E-state index contributed by atoms with van der Waals surface area (Å²) in [5.41, 5.74) is 5.07. The Morgan fingerprint density at radius 3 is 1.92 bits per heavy atom. The second-order valence-corrected chi connectivity index (χ2v) is 23.4. The smallest absolute Gasteiger partial charge is 0.418 e. The van der Waals surface area contributed by atoms with Crippen LogP contribution in [0.1, 0.15) is 85.3 Å². The second-order valence-electron chi connectivity index (χ2n) is 18.4.